The Hall–Kier alpha value is -1.90. The third kappa shape index (κ3) is 3.80. The molecule has 0 bridgehead atoms. The molecule has 0 spiro atoms. The largest absolute Gasteiger partial charge is 0.381 e. The van der Waals surface area contributed by atoms with Gasteiger partial charge in [-0.15, -0.1) is 0 Å². The van der Waals surface area contributed by atoms with Crippen LogP contribution in [0, 0.1) is 17.7 Å². The minimum atomic E-state index is -0.548. The van der Waals surface area contributed by atoms with Gasteiger partial charge in [0.2, 0.25) is 0 Å². The van der Waals surface area contributed by atoms with Crippen molar-refractivity contribution in [3.63, 3.8) is 0 Å². The van der Waals surface area contributed by atoms with Crippen LogP contribution in [0.1, 0.15) is 28.8 Å². The standard InChI is InChI=1S/C15H17FN2O2/c16-14-4-3-11(2-1-7-17)10-13(14)15(19)18-12-5-8-20-9-6-12/h3-4,10,12H,5-9,17H2,(H,18,19). The van der Waals surface area contributed by atoms with Gasteiger partial charge < -0.3 is 15.8 Å². The Kier molecular flexibility index (Phi) is 5.10. The normalized spacial score (nSPS) is 15.3. The number of carbonyl (C=O) groups is 1. The molecule has 20 heavy (non-hydrogen) atoms. The Morgan fingerprint density at radius 1 is 1.45 bits per heavy atom. The van der Waals surface area contributed by atoms with Gasteiger partial charge in [0.15, 0.2) is 0 Å². The summed E-state index contributed by atoms with van der Waals surface area (Å²) in [5.74, 6) is 4.51. The molecule has 0 aliphatic carbocycles. The molecule has 0 unspecified atom stereocenters. The third-order valence-corrected chi connectivity index (χ3v) is 3.10. The summed E-state index contributed by atoms with van der Waals surface area (Å²) >= 11 is 0. The fourth-order valence-electron chi connectivity index (χ4n) is 2.04. The van der Waals surface area contributed by atoms with Gasteiger partial charge in [0.1, 0.15) is 5.82 Å². The second-order valence-electron chi connectivity index (χ2n) is 4.56. The van der Waals surface area contributed by atoms with Crippen molar-refractivity contribution in [2.75, 3.05) is 19.8 Å². The first-order valence-corrected chi connectivity index (χ1v) is 6.58. The quantitative estimate of drug-likeness (QED) is 0.793. The van der Waals surface area contributed by atoms with Crippen molar-refractivity contribution in [1.29, 1.82) is 0 Å². The molecule has 1 aromatic carbocycles. The lowest BCUT2D eigenvalue weighted by Crippen LogP contribution is -2.39. The van der Waals surface area contributed by atoms with Gasteiger partial charge in [-0.1, -0.05) is 11.8 Å². The van der Waals surface area contributed by atoms with E-state index in [1.807, 2.05) is 0 Å². The number of amides is 1. The van der Waals surface area contributed by atoms with Crippen LogP contribution >= 0.6 is 0 Å². The number of halogens is 1. The van der Waals surface area contributed by atoms with Gasteiger partial charge in [-0.3, -0.25) is 4.79 Å². The fourth-order valence-corrected chi connectivity index (χ4v) is 2.04. The van der Waals surface area contributed by atoms with E-state index < -0.39 is 11.7 Å². The number of rotatable bonds is 2. The molecule has 1 aliphatic heterocycles. The number of nitrogens with one attached hydrogen (secondary N) is 1. The zero-order chi connectivity index (χ0) is 14.4. The van der Waals surface area contributed by atoms with Crippen LogP contribution in [0.3, 0.4) is 0 Å². The molecule has 1 saturated heterocycles. The predicted molar refractivity (Wildman–Crippen MR) is 73.6 cm³/mol. The molecule has 1 aliphatic rings. The molecule has 4 nitrogen and oxygen atoms in total. The maximum atomic E-state index is 13.7. The summed E-state index contributed by atoms with van der Waals surface area (Å²) in [6, 6.07) is 4.27. The van der Waals surface area contributed by atoms with Crippen molar-refractivity contribution in [1.82, 2.24) is 5.32 Å². The van der Waals surface area contributed by atoms with E-state index in [1.54, 1.807) is 0 Å². The molecule has 0 aromatic heterocycles. The average Bonchev–Trinajstić information content (AvgIpc) is 2.47. The summed E-state index contributed by atoms with van der Waals surface area (Å²) in [4.78, 5) is 12.1. The van der Waals surface area contributed by atoms with Gasteiger partial charge in [0.05, 0.1) is 12.1 Å². The highest BCUT2D eigenvalue weighted by Gasteiger charge is 2.19. The molecule has 2 rings (SSSR count). The summed E-state index contributed by atoms with van der Waals surface area (Å²) in [7, 11) is 0. The molecule has 1 heterocycles. The van der Waals surface area contributed by atoms with E-state index in [0.717, 1.165) is 12.8 Å². The third-order valence-electron chi connectivity index (χ3n) is 3.10. The second-order valence-corrected chi connectivity index (χ2v) is 4.56. The topological polar surface area (TPSA) is 64.4 Å². The number of benzene rings is 1. The number of nitrogens with two attached hydrogens (primary N) is 1. The zero-order valence-electron chi connectivity index (χ0n) is 11.1. The first kappa shape index (κ1) is 14.5. The number of hydrogen-bond donors (Lipinski definition) is 2. The Labute approximate surface area is 117 Å². The molecular weight excluding hydrogens is 259 g/mol. The van der Waals surface area contributed by atoms with Crippen LogP contribution in [-0.4, -0.2) is 31.7 Å². The lowest BCUT2D eigenvalue weighted by atomic mass is 10.1. The van der Waals surface area contributed by atoms with Crippen molar-refractivity contribution in [3.8, 4) is 11.8 Å². The molecule has 106 valence electrons. The van der Waals surface area contributed by atoms with Crippen LogP contribution in [0.2, 0.25) is 0 Å². The van der Waals surface area contributed by atoms with Crippen LogP contribution < -0.4 is 11.1 Å². The van der Waals surface area contributed by atoms with Gasteiger partial charge in [-0.25, -0.2) is 4.39 Å². The van der Waals surface area contributed by atoms with E-state index in [4.69, 9.17) is 10.5 Å². The second kappa shape index (κ2) is 7.04. The molecule has 0 radical (unpaired) electrons. The summed E-state index contributed by atoms with van der Waals surface area (Å²) in [5, 5.41) is 2.83. The van der Waals surface area contributed by atoms with Crippen molar-refractivity contribution >= 4 is 5.91 Å². The highest BCUT2D eigenvalue weighted by Crippen LogP contribution is 2.12. The molecule has 1 amide bonds. The predicted octanol–water partition coefficient (Wildman–Crippen LogP) is 1.04. The van der Waals surface area contributed by atoms with Crippen LogP contribution in [0.25, 0.3) is 0 Å². The molecule has 5 heteroatoms. The van der Waals surface area contributed by atoms with Crippen molar-refractivity contribution in [2.24, 2.45) is 5.73 Å². The Morgan fingerprint density at radius 2 is 2.20 bits per heavy atom. The lowest BCUT2D eigenvalue weighted by molar-refractivity contribution is 0.0694. The SMILES string of the molecule is NCC#Cc1ccc(F)c(C(=O)NC2CCOCC2)c1. The molecular formula is C15H17FN2O2. The molecule has 1 aromatic rings. The minimum absolute atomic E-state index is 0.0142. The van der Waals surface area contributed by atoms with Gasteiger partial charge in [0.25, 0.3) is 5.91 Å². The number of ether oxygens (including phenoxy) is 1. The molecule has 0 atom stereocenters. The molecule has 3 N–H and O–H groups in total. The minimum Gasteiger partial charge on any atom is -0.381 e. The Bertz CT molecular complexity index is 543. The highest BCUT2D eigenvalue weighted by atomic mass is 19.1. The summed E-state index contributed by atoms with van der Waals surface area (Å²) in [6.45, 7) is 1.46. The van der Waals surface area contributed by atoms with Crippen LogP contribution in [-0.2, 0) is 4.74 Å². The highest BCUT2D eigenvalue weighted by molar-refractivity contribution is 5.95. The van der Waals surface area contributed by atoms with Gasteiger partial charge in [0, 0.05) is 24.8 Å². The first-order chi connectivity index (χ1) is 9.70. The summed E-state index contributed by atoms with van der Waals surface area (Å²) < 4.78 is 19.0. The van der Waals surface area contributed by atoms with Crippen molar-refractivity contribution in [3.05, 3.63) is 35.1 Å². The van der Waals surface area contributed by atoms with E-state index in [-0.39, 0.29) is 18.2 Å². The smallest absolute Gasteiger partial charge is 0.254 e. The maximum absolute atomic E-state index is 13.7. The van der Waals surface area contributed by atoms with Crippen LogP contribution in [0.15, 0.2) is 18.2 Å². The van der Waals surface area contributed by atoms with Crippen molar-refractivity contribution in [2.45, 2.75) is 18.9 Å². The van der Waals surface area contributed by atoms with Gasteiger partial charge >= 0.3 is 0 Å². The molecule has 1 fully saturated rings. The van der Waals surface area contributed by atoms with E-state index in [9.17, 15) is 9.18 Å². The number of hydrogen-bond acceptors (Lipinski definition) is 3. The van der Waals surface area contributed by atoms with Crippen molar-refractivity contribution < 1.29 is 13.9 Å². The van der Waals surface area contributed by atoms with Crippen LogP contribution in [0.5, 0.6) is 0 Å². The summed E-state index contributed by atoms with van der Waals surface area (Å²) in [5.41, 5.74) is 5.88. The van der Waals surface area contributed by atoms with E-state index in [1.165, 1.54) is 18.2 Å². The maximum Gasteiger partial charge on any atom is 0.254 e. The summed E-state index contributed by atoms with van der Waals surface area (Å²) in [6.07, 6.45) is 1.50. The monoisotopic (exact) mass is 276 g/mol. The fraction of sp³-hybridized carbons (Fsp3) is 0.400. The molecule has 0 saturated carbocycles. The van der Waals surface area contributed by atoms with E-state index in [0.29, 0.717) is 18.8 Å². The van der Waals surface area contributed by atoms with E-state index >= 15 is 0 Å². The van der Waals surface area contributed by atoms with Crippen LogP contribution in [0.4, 0.5) is 4.39 Å². The van der Waals surface area contributed by atoms with E-state index in [2.05, 4.69) is 17.2 Å². The lowest BCUT2D eigenvalue weighted by Gasteiger charge is -2.23. The van der Waals surface area contributed by atoms with Gasteiger partial charge in [-0.2, -0.15) is 0 Å². The zero-order valence-corrected chi connectivity index (χ0v) is 11.1. The average molecular weight is 276 g/mol. The Balaban J connectivity index is 2.11. The first-order valence-electron chi connectivity index (χ1n) is 6.58. The van der Waals surface area contributed by atoms with Gasteiger partial charge in [-0.05, 0) is 31.0 Å². The Morgan fingerprint density at radius 3 is 2.90 bits per heavy atom. The number of carbonyl (C=O) groups excluding carboxylic acids is 1.